The SMILES string of the molecule is CNC(C)Cc1nc(N)c2ccc(F)cc2n1. The topological polar surface area (TPSA) is 63.8 Å². The first-order valence-corrected chi connectivity index (χ1v) is 5.49. The van der Waals surface area contributed by atoms with E-state index in [2.05, 4.69) is 15.3 Å². The van der Waals surface area contributed by atoms with Crippen molar-refractivity contribution in [2.75, 3.05) is 12.8 Å². The molecule has 4 nitrogen and oxygen atoms in total. The van der Waals surface area contributed by atoms with Crippen molar-refractivity contribution in [3.63, 3.8) is 0 Å². The fraction of sp³-hybridized carbons (Fsp3) is 0.333. The Morgan fingerprint density at radius 3 is 2.88 bits per heavy atom. The second-order valence-electron chi connectivity index (χ2n) is 4.08. The van der Waals surface area contributed by atoms with Crippen LogP contribution in [0.25, 0.3) is 10.9 Å². The smallest absolute Gasteiger partial charge is 0.135 e. The summed E-state index contributed by atoms with van der Waals surface area (Å²) >= 11 is 0. The lowest BCUT2D eigenvalue weighted by Crippen LogP contribution is -2.24. The van der Waals surface area contributed by atoms with Crippen LogP contribution in [0.1, 0.15) is 12.7 Å². The van der Waals surface area contributed by atoms with Gasteiger partial charge in [0, 0.05) is 23.9 Å². The van der Waals surface area contributed by atoms with Gasteiger partial charge in [0.05, 0.1) is 5.52 Å². The number of likely N-dealkylation sites (N-methyl/N-ethyl adjacent to an activating group) is 1. The molecule has 0 amide bonds. The largest absolute Gasteiger partial charge is 0.383 e. The lowest BCUT2D eigenvalue weighted by molar-refractivity contribution is 0.592. The van der Waals surface area contributed by atoms with Crippen molar-refractivity contribution < 1.29 is 4.39 Å². The normalized spacial score (nSPS) is 12.9. The van der Waals surface area contributed by atoms with E-state index in [4.69, 9.17) is 5.73 Å². The van der Waals surface area contributed by atoms with Crippen LogP contribution in [0.2, 0.25) is 0 Å². The fourth-order valence-corrected chi connectivity index (χ4v) is 1.64. The molecule has 2 rings (SSSR count). The molecule has 5 heteroatoms. The van der Waals surface area contributed by atoms with Gasteiger partial charge in [0.25, 0.3) is 0 Å². The molecule has 0 fully saturated rings. The molecule has 0 spiro atoms. The minimum Gasteiger partial charge on any atom is -0.383 e. The van der Waals surface area contributed by atoms with Gasteiger partial charge < -0.3 is 11.1 Å². The van der Waals surface area contributed by atoms with E-state index in [-0.39, 0.29) is 11.9 Å². The van der Waals surface area contributed by atoms with E-state index >= 15 is 0 Å². The van der Waals surface area contributed by atoms with Crippen LogP contribution in [-0.2, 0) is 6.42 Å². The molecule has 2 aromatic rings. The maximum absolute atomic E-state index is 13.1. The van der Waals surface area contributed by atoms with Crippen molar-refractivity contribution in [2.24, 2.45) is 0 Å². The second-order valence-corrected chi connectivity index (χ2v) is 4.08. The van der Waals surface area contributed by atoms with Crippen molar-refractivity contribution in [1.82, 2.24) is 15.3 Å². The van der Waals surface area contributed by atoms with Crippen LogP contribution in [0.4, 0.5) is 10.2 Å². The highest BCUT2D eigenvalue weighted by Gasteiger charge is 2.08. The Morgan fingerprint density at radius 2 is 2.18 bits per heavy atom. The fourth-order valence-electron chi connectivity index (χ4n) is 1.64. The van der Waals surface area contributed by atoms with Gasteiger partial charge in [-0.25, -0.2) is 14.4 Å². The molecule has 0 saturated heterocycles. The minimum absolute atomic E-state index is 0.250. The van der Waals surface area contributed by atoms with Gasteiger partial charge >= 0.3 is 0 Å². The maximum atomic E-state index is 13.1. The quantitative estimate of drug-likeness (QED) is 0.844. The number of aromatic nitrogens is 2. The monoisotopic (exact) mass is 234 g/mol. The van der Waals surface area contributed by atoms with Gasteiger partial charge in [-0.3, -0.25) is 0 Å². The third kappa shape index (κ3) is 2.50. The first kappa shape index (κ1) is 11.7. The number of nitrogens with one attached hydrogen (secondary N) is 1. The number of nitrogens with two attached hydrogens (primary N) is 1. The number of halogens is 1. The average Bonchev–Trinajstić information content (AvgIpc) is 2.28. The number of anilines is 1. The van der Waals surface area contributed by atoms with E-state index in [0.29, 0.717) is 29.0 Å². The molecule has 1 unspecified atom stereocenters. The van der Waals surface area contributed by atoms with Gasteiger partial charge in [-0.1, -0.05) is 0 Å². The van der Waals surface area contributed by atoms with Crippen molar-refractivity contribution >= 4 is 16.7 Å². The molecule has 0 aliphatic heterocycles. The predicted molar refractivity (Wildman–Crippen MR) is 66.1 cm³/mol. The third-order valence-electron chi connectivity index (χ3n) is 2.72. The molecule has 90 valence electrons. The van der Waals surface area contributed by atoms with E-state index in [0.717, 1.165) is 0 Å². The van der Waals surface area contributed by atoms with E-state index in [1.807, 2.05) is 14.0 Å². The van der Waals surface area contributed by atoms with Crippen LogP contribution in [-0.4, -0.2) is 23.1 Å². The van der Waals surface area contributed by atoms with Crippen molar-refractivity contribution in [3.8, 4) is 0 Å². The number of rotatable bonds is 3. The van der Waals surface area contributed by atoms with Crippen LogP contribution < -0.4 is 11.1 Å². The lowest BCUT2D eigenvalue weighted by Gasteiger charge is -2.10. The zero-order valence-corrected chi connectivity index (χ0v) is 9.87. The Labute approximate surface area is 99.1 Å². The molecule has 17 heavy (non-hydrogen) atoms. The molecule has 0 aliphatic carbocycles. The van der Waals surface area contributed by atoms with Crippen LogP contribution in [0.5, 0.6) is 0 Å². The van der Waals surface area contributed by atoms with E-state index in [1.54, 1.807) is 6.07 Å². The van der Waals surface area contributed by atoms with Gasteiger partial charge in [-0.15, -0.1) is 0 Å². The molecule has 0 radical (unpaired) electrons. The van der Waals surface area contributed by atoms with Gasteiger partial charge in [0.1, 0.15) is 17.5 Å². The number of hydrogen-bond donors (Lipinski definition) is 2. The number of hydrogen-bond acceptors (Lipinski definition) is 4. The highest BCUT2D eigenvalue weighted by atomic mass is 19.1. The van der Waals surface area contributed by atoms with Crippen LogP contribution >= 0.6 is 0 Å². The summed E-state index contributed by atoms with van der Waals surface area (Å²) in [6.45, 7) is 2.02. The Hall–Kier alpha value is -1.75. The molecule has 0 aliphatic rings. The molecule has 0 bridgehead atoms. The summed E-state index contributed by atoms with van der Waals surface area (Å²) < 4.78 is 13.1. The zero-order valence-electron chi connectivity index (χ0n) is 9.87. The first-order valence-electron chi connectivity index (χ1n) is 5.49. The standard InChI is InChI=1S/C12H15FN4/c1-7(15-2)5-11-16-10-6-8(13)3-4-9(10)12(14)17-11/h3-4,6-7,15H,5H2,1-2H3,(H2,14,16,17). The van der Waals surface area contributed by atoms with Crippen molar-refractivity contribution in [1.29, 1.82) is 0 Å². The zero-order chi connectivity index (χ0) is 12.4. The highest BCUT2D eigenvalue weighted by Crippen LogP contribution is 2.19. The lowest BCUT2D eigenvalue weighted by atomic mass is 10.2. The number of fused-ring (bicyclic) bond motifs is 1. The van der Waals surface area contributed by atoms with E-state index in [9.17, 15) is 4.39 Å². The molecular formula is C12H15FN4. The van der Waals surface area contributed by atoms with Crippen molar-refractivity contribution in [2.45, 2.75) is 19.4 Å². The molecule has 3 N–H and O–H groups in total. The Kier molecular flexibility index (Phi) is 3.19. The molecule has 1 heterocycles. The van der Waals surface area contributed by atoms with E-state index < -0.39 is 0 Å². The maximum Gasteiger partial charge on any atom is 0.135 e. The summed E-state index contributed by atoms with van der Waals surface area (Å²) in [6.07, 6.45) is 0.660. The third-order valence-corrected chi connectivity index (χ3v) is 2.72. The molecule has 0 saturated carbocycles. The number of nitrogens with zero attached hydrogens (tertiary/aromatic N) is 2. The summed E-state index contributed by atoms with van der Waals surface area (Å²) in [7, 11) is 1.87. The van der Waals surface area contributed by atoms with Crippen LogP contribution in [0.15, 0.2) is 18.2 Å². The second kappa shape index (κ2) is 4.63. The summed E-state index contributed by atoms with van der Waals surface area (Å²) in [5.41, 5.74) is 6.38. The summed E-state index contributed by atoms with van der Waals surface area (Å²) in [5.74, 6) is 0.707. The minimum atomic E-state index is -0.316. The van der Waals surface area contributed by atoms with Gasteiger partial charge in [-0.05, 0) is 26.1 Å². The summed E-state index contributed by atoms with van der Waals surface area (Å²) in [5, 5.41) is 3.78. The Balaban J connectivity index is 2.46. The summed E-state index contributed by atoms with van der Waals surface area (Å²) in [6, 6.07) is 4.59. The first-order chi connectivity index (χ1) is 8.10. The van der Waals surface area contributed by atoms with Crippen molar-refractivity contribution in [3.05, 3.63) is 29.8 Å². The Bertz CT molecular complexity index is 541. The predicted octanol–water partition coefficient (Wildman–Crippen LogP) is 1.50. The average molecular weight is 234 g/mol. The van der Waals surface area contributed by atoms with Crippen LogP contribution in [0.3, 0.4) is 0 Å². The summed E-state index contributed by atoms with van der Waals surface area (Å²) in [4.78, 5) is 8.54. The molecule has 1 atom stereocenters. The Morgan fingerprint density at radius 1 is 1.41 bits per heavy atom. The van der Waals surface area contributed by atoms with E-state index in [1.165, 1.54) is 12.1 Å². The number of benzene rings is 1. The molecule has 1 aromatic heterocycles. The van der Waals surface area contributed by atoms with Crippen LogP contribution in [0, 0.1) is 5.82 Å². The van der Waals surface area contributed by atoms with Gasteiger partial charge in [0.2, 0.25) is 0 Å². The van der Waals surface area contributed by atoms with Gasteiger partial charge in [-0.2, -0.15) is 0 Å². The van der Waals surface area contributed by atoms with Gasteiger partial charge in [0.15, 0.2) is 0 Å². The molecule has 1 aromatic carbocycles. The number of nitrogen functional groups attached to an aromatic ring is 1. The highest BCUT2D eigenvalue weighted by molar-refractivity contribution is 5.87. The molecular weight excluding hydrogens is 219 g/mol.